The van der Waals surface area contributed by atoms with E-state index in [0.717, 1.165) is 16.0 Å². The van der Waals surface area contributed by atoms with Gasteiger partial charge >= 0.3 is 0 Å². The lowest BCUT2D eigenvalue weighted by Gasteiger charge is -2.15. The van der Waals surface area contributed by atoms with Crippen LogP contribution in [0.15, 0.2) is 22.7 Å². The van der Waals surface area contributed by atoms with Gasteiger partial charge < -0.3 is 5.32 Å². The standard InChI is InChI=1S/C11H13BrClN/c1-14-7-11(4-5-11)8-2-3-9(12)10(13)6-8/h2-3,6,14H,4-5,7H2,1H3. The molecule has 0 heterocycles. The molecule has 2 rings (SSSR count). The highest BCUT2D eigenvalue weighted by molar-refractivity contribution is 9.10. The van der Waals surface area contributed by atoms with Gasteiger partial charge in [0.15, 0.2) is 0 Å². The summed E-state index contributed by atoms with van der Waals surface area (Å²) in [6.45, 7) is 1.05. The van der Waals surface area contributed by atoms with Crippen LogP contribution in [-0.2, 0) is 5.41 Å². The Morgan fingerprint density at radius 2 is 2.21 bits per heavy atom. The van der Waals surface area contributed by atoms with Gasteiger partial charge in [-0.25, -0.2) is 0 Å². The fraction of sp³-hybridized carbons (Fsp3) is 0.455. The lowest BCUT2D eigenvalue weighted by atomic mass is 9.96. The molecule has 0 aromatic heterocycles. The van der Waals surface area contributed by atoms with E-state index in [2.05, 4.69) is 33.4 Å². The molecule has 0 saturated heterocycles. The SMILES string of the molecule is CNCC1(c2ccc(Br)c(Cl)c2)CC1. The third-order valence-electron chi connectivity index (χ3n) is 2.90. The van der Waals surface area contributed by atoms with Crippen molar-refractivity contribution in [1.82, 2.24) is 5.32 Å². The molecule has 1 N–H and O–H groups in total. The van der Waals surface area contributed by atoms with Crippen molar-refractivity contribution < 1.29 is 0 Å². The first-order valence-corrected chi connectivity index (χ1v) is 5.95. The second-order valence-corrected chi connectivity index (χ2v) is 5.20. The molecule has 0 bridgehead atoms. The van der Waals surface area contributed by atoms with Gasteiger partial charge in [0.2, 0.25) is 0 Å². The van der Waals surface area contributed by atoms with Crippen LogP contribution in [0.1, 0.15) is 18.4 Å². The molecule has 1 aromatic rings. The van der Waals surface area contributed by atoms with Gasteiger partial charge in [0.05, 0.1) is 5.02 Å². The van der Waals surface area contributed by atoms with Crippen molar-refractivity contribution in [3.8, 4) is 0 Å². The first kappa shape index (κ1) is 10.5. The van der Waals surface area contributed by atoms with Crippen LogP contribution < -0.4 is 5.32 Å². The third-order valence-corrected chi connectivity index (χ3v) is 4.13. The number of nitrogens with one attached hydrogen (secondary N) is 1. The number of halogens is 2. The zero-order chi connectivity index (χ0) is 10.2. The lowest BCUT2D eigenvalue weighted by Crippen LogP contribution is -2.23. The number of hydrogen-bond acceptors (Lipinski definition) is 1. The number of likely N-dealkylation sites (N-methyl/N-ethyl adjacent to an activating group) is 1. The Morgan fingerprint density at radius 3 is 2.71 bits per heavy atom. The molecule has 1 fully saturated rings. The Morgan fingerprint density at radius 1 is 1.50 bits per heavy atom. The van der Waals surface area contributed by atoms with E-state index in [4.69, 9.17) is 11.6 Å². The van der Waals surface area contributed by atoms with Crippen molar-refractivity contribution in [1.29, 1.82) is 0 Å². The molecule has 14 heavy (non-hydrogen) atoms. The van der Waals surface area contributed by atoms with Crippen LogP contribution in [0.25, 0.3) is 0 Å². The minimum atomic E-state index is 0.360. The van der Waals surface area contributed by atoms with Crippen molar-refractivity contribution in [3.63, 3.8) is 0 Å². The summed E-state index contributed by atoms with van der Waals surface area (Å²) in [4.78, 5) is 0. The molecule has 3 heteroatoms. The molecular formula is C11H13BrClN. The molecule has 0 amide bonds. The molecule has 1 nitrogen and oxygen atoms in total. The Bertz CT molecular complexity index is 347. The maximum Gasteiger partial charge on any atom is 0.0551 e. The first-order valence-electron chi connectivity index (χ1n) is 4.78. The Kier molecular flexibility index (Phi) is 2.87. The third kappa shape index (κ3) is 1.83. The van der Waals surface area contributed by atoms with Crippen molar-refractivity contribution in [2.45, 2.75) is 18.3 Å². The van der Waals surface area contributed by atoms with E-state index < -0.39 is 0 Å². The van der Waals surface area contributed by atoms with Gasteiger partial charge in [-0.15, -0.1) is 0 Å². The van der Waals surface area contributed by atoms with E-state index in [1.54, 1.807) is 0 Å². The van der Waals surface area contributed by atoms with Gasteiger partial charge in [-0.05, 0) is 53.5 Å². The highest BCUT2D eigenvalue weighted by Crippen LogP contribution is 2.48. The predicted molar refractivity (Wildman–Crippen MR) is 64.0 cm³/mol. The lowest BCUT2D eigenvalue weighted by molar-refractivity contribution is 0.624. The summed E-state index contributed by atoms with van der Waals surface area (Å²) < 4.78 is 0.975. The molecule has 0 spiro atoms. The van der Waals surface area contributed by atoms with Crippen molar-refractivity contribution in [2.24, 2.45) is 0 Å². The van der Waals surface area contributed by atoms with Crippen molar-refractivity contribution >= 4 is 27.5 Å². The summed E-state index contributed by atoms with van der Waals surface area (Å²) in [7, 11) is 2.00. The predicted octanol–water partition coefficient (Wildman–Crippen LogP) is 3.35. The summed E-state index contributed by atoms with van der Waals surface area (Å²) >= 11 is 9.49. The smallest absolute Gasteiger partial charge is 0.0551 e. The Balaban J connectivity index is 2.28. The minimum Gasteiger partial charge on any atom is -0.319 e. The van der Waals surface area contributed by atoms with Crippen LogP contribution in [0.4, 0.5) is 0 Å². The highest BCUT2D eigenvalue weighted by atomic mass is 79.9. The van der Waals surface area contributed by atoms with E-state index in [0.29, 0.717) is 5.41 Å². The van der Waals surface area contributed by atoms with Crippen molar-refractivity contribution in [2.75, 3.05) is 13.6 Å². The quantitative estimate of drug-likeness (QED) is 0.891. The zero-order valence-corrected chi connectivity index (χ0v) is 10.5. The summed E-state index contributed by atoms with van der Waals surface area (Å²) in [5.74, 6) is 0. The highest BCUT2D eigenvalue weighted by Gasteiger charge is 2.43. The fourth-order valence-corrected chi connectivity index (χ4v) is 2.31. The van der Waals surface area contributed by atoms with E-state index in [-0.39, 0.29) is 0 Å². The van der Waals surface area contributed by atoms with E-state index in [1.165, 1.54) is 18.4 Å². The van der Waals surface area contributed by atoms with Crippen LogP contribution in [0.2, 0.25) is 5.02 Å². The number of rotatable bonds is 3. The second-order valence-electron chi connectivity index (χ2n) is 3.94. The molecule has 0 radical (unpaired) electrons. The number of benzene rings is 1. The van der Waals surface area contributed by atoms with Gasteiger partial charge in [-0.1, -0.05) is 17.7 Å². The average molecular weight is 275 g/mol. The van der Waals surface area contributed by atoms with Crippen LogP contribution in [0.3, 0.4) is 0 Å². The number of hydrogen-bond donors (Lipinski definition) is 1. The second kappa shape index (κ2) is 3.84. The molecule has 0 atom stereocenters. The van der Waals surface area contributed by atoms with Gasteiger partial charge in [0, 0.05) is 16.4 Å². The van der Waals surface area contributed by atoms with E-state index in [9.17, 15) is 0 Å². The molecule has 1 aliphatic rings. The van der Waals surface area contributed by atoms with Crippen LogP contribution in [-0.4, -0.2) is 13.6 Å². The zero-order valence-electron chi connectivity index (χ0n) is 8.11. The van der Waals surface area contributed by atoms with Crippen LogP contribution >= 0.6 is 27.5 Å². The summed E-state index contributed by atoms with van der Waals surface area (Å²) in [5.41, 5.74) is 1.72. The topological polar surface area (TPSA) is 12.0 Å². The molecule has 1 saturated carbocycles. The van der Waals surface area contributed by atoms with Crippen molar-refractivity contribution in [3.05, 3.63) is 33.3 Å². The molecular weight excluding hydrogens is 261 g/mol. The van der Waals surface area contributed by atoms with Gasteiger partial charge in [0.25, 0.3) is 0 Å². The maximum atomic E-state index is 6.08. The monoisotopic (exact) mass is 273 g/mol. The Labute approximate surface area is 98.0 Å². The van der Waals surface area contributed by atoms with Gasteiger partial charge in [-0.2, -0.15) is 0 Å². The molecule has 1 aliphatic carbocycles. The fourth-order valence-electron chi connectivity index (χ4n) is 1.88. The van der Waals surface area contributed by atoms with Crippen LogP contribution in [0.5, 0.6) is 0 Å². The first-order chi connectivity index (χ1) is 6.68. The summed E-state index contributed by atoms with van der Waals surface area (Å²) in [6.07, 6.45) is 2.54. The molecule has 1 aromatic carbocycles. The normalized spacial score (nSPS) is 18.2. The van der Waals surface area contributed by atoms with Gasteiger partial charge in [-0.3, -0.25) is 0 Å². The summed E-state index contributed by atoms with van der Waals surface area (Å²) in [5, 5.41) is 4.06. The minimum absolute atomic E-state index is 0.360. The average Bonchev–Trinajstić information content (AvgIpc) is 2.91. The van der Waals surface area contributed by atoms with Gasteiger partial charge in [0.1, 0.15) is 0 Å². The largest absolute Gasteiger partial charge is 0.319 e. The molecule has 0 aliphatic heterocycles. The van der Waals surface area contributed by atoms with E-state index in [1.807, 2.05) is 13.1 Å². The Hall–Kier alpha value is -0.0500. The van der Waals surface area contributed by atoms with E-state index >= 15 is 0 Å². The maximum absolute atomic E-state index is 6.08. The summed E-state index contributed by atoms with van der Waals surface area (Å²) in [6, 6.07) is 6.28. The van der Waals surface area contributed by atoms with Crippen LogP contribution in [0, 0.1) is 0 Å². The molecule has 0 unspecified atom stereocenters. The molecule has 76 valence electrons.